The minimum Gasteiger partial charge on any atom is -0.0651 e. The average Bonchev–Trinajstić information content (AvgIpc) is 2.95. The minimum atomic E-state index is -0.645. The summed E-state index contributed by atoms with van der Waals surface area (Å²) in [4.78, 5) is 0. The summed E-state index contributed by atoms with van der Waals surface area (Å²) in [5.41, 5.74) is 11.5. The smallest absolute Gasteiger partial charge is 0.0116 e. The molecule has 0 saturated carbocycles. The number of aryl methyl sites for hydroxylation is 3. The maximum Gasteiger partial charge on any atom is -0.0116 e. The lowest BCUT2D eigenvalue weighted by atomic mass is 9.92. The Kier molecular flexibility index (Phi) is 14.0. The Balaban J connectivity index is 2.47. The van der Waals surface area contributed by atoms with Crippen LogP contribution in [-0.2, 0) is 44.9 Å². The summed E-state index contributed by atoms with van der Waals surface area (Å²) in [6.07, 6.45) is 16.8. The molecule has 3 aromatic rings. The number of rotatable bonds is 17. The Hall–Kier alpha value is -1.91. The van der Waals surface area contributed by atoms with E-state index in [2.05, 4.69) is 97.0 Å². The summed E-state index contributed by atoms with van der Waals surface area (Å²) in [5.74, 6) is 0. The fourth-order valence-corrected chi connectivity index (χ4v) is 9.71. The highest BCUT2D eigenvalue weighted by atomic mass is 31.1. The monoisotopic (exact) mass is 556 g/mol. The quantitative estimate of drug-likeness (QED) is 0.145. The maximum atomic E-state index is 2.59. The van der Waals surface area contributed by atoms with Crippen LogP contribution < -0.4 is 15.9 Å². The molecule has 0 bridgehead atoms. The lowest BCUT2D eigenvalue weighted by Crippen LogP contribution is -2.30. The summed E-state index contributed by atoms with van der Waals surface area (Å²) in [6.45, 7) is 16.5. The van der Waals surface area contributed by atoms with E-state index in [9.17, 15) is 0 Å². The second-order valence-corrected chi connectivity index (χ2v) is 13.7. The van der Waals surface area contributed by atoms with Gasteiger partial charge in [0.2, 0.25) is 0 Å². The molecule has 0 N–H and O–H groups in total. The molecule has 0 radical (unpaired) electrons. The van der Waals surface area contributed by atoms with E-state index in [1.165, 1.54) is 89.9 Å². The molecule has 0 aliphatic heterocycles. The summed E-state index contributed by atoms with van der Waals surface area (Å²) >= 11 is 0. The summed E-state index contributed by atoms with van der Waals surface area (Å²) in [7, 11) is -0.645. The van der Waals surface area contributed by atoms with Crippen LogP contribution in [0.25, 0.3) is 0 Å². The highest BCUT2D eigenvalue weighted by Gasteiger charge is 2.27. The van der Waals surface area contributed by atoms with Gasteiger partial charge >= 0.3 is 0 Å². The summed E-state index contributed by atoms with van der Waals surface area (Å²) in [5, 5.41) is 4.92. The minimum absolute atomic E-state index is 0.645. The zero-order chi connectivity index (χ0) is 28.9. The van der Waals surface area contributed by atoms with E-state index in [0.29, 0.717) is 0 Å². The van der Waals surface area contributed by atoms with E-state index in [4.69, 9.17) is 0 Å². The van der Waals surface area contributed by atoms with Gasteiger partial charge in [-0.3, -0.25) is 0 Å². The largest absolute Gasteiger partial charge is 0.0651 e. The Morgan fingerprint density at radius 2 is 0.700 bits per heavy atom. The molecule has 0 heterocycles. The maximum absolute atomic E-state index is 2.59. The zero-order valence-electron chi connectivity index (χ0n) is 27.0. The van der Waals surface area contributed by atoms with Crippen molar-refractivity contribution < 1.29 is 0 Å². The van der Waals surface area contributed by atoms with E-state index in [1.807, 2.05) is 0 Å². The van der Waals surface area contributed by atoms with Gasteiger partial charge in [-0.1, -0.05) is 142 Å². The highest BCUT2D eigenvalue weighted by Crippen LogP contribution is 2.40. The van der Waals surface area contributed by atoms with Crippen molar-refractivity contribution in [2.75, 3.05) is 0 Å². The Morgan fingerprint density at radius 1 is 0.350 bits per heavy atom. The fraction of sp³-hybridized carbons (Fsp3) is 0.538. The zero-order valence-corrected chi connectivity index (χ0v) is 27.9. The van der Waals surface area contributed by atoms with Gasteiger partial charge in [0.15, 0.2) is 0 Å². The van der Waals surface area contributed by atoms with Gasteiger partial charge in [-0.15, -0.1) is 0 Å². The van der Waals surface area contributed by atoms with Crippen molar-refractivity contribution in [1.29, 1.82) is 0 Å². The molecular weight excluding hydrogens is 499 g/mol. The molecule has 0 nitrogen and oxygen atoms in total. The predicted molar refractivity (Wildman–Crippen MR) is 183 cm³/mol. The first-order valence-corrected chi connectivity index (χ1v) is 18.1. The van der Waals surface area contributed by atoms with Gasteiger partial charge in [-0.25, -0.2) is 0 Å². The first-order valence-electron chi connectivity index (χ1n) is 16.7. The lowest BCUT2D eigenvalue weighted by molar-refractivity contribution is 0.829. The molecular formula is C39H57P. The molecule has 3 aromatic carbocycles. The van der Waals surface area contributed by atoms with Crippen molar-refractivity contribution in [2.45, 2.75) is 138 Å². The molecule has 218 valence electrons. The van der Waals surface area contributed by atoms with Crippen LogP contribution in [0.2, 0.25) is 0 Å². The van der Waals surface area contributed by atoms with Crippen LogP contribution in [0.3, 0.4) is 0 Å². The number of benzene rings is 3. The molecule has 3 rings (SSSR count). The van der Waals surface area contributed by atoms with Crippen LogP contribution in [0, 0.1) is 0 Å². The number of hydrogen-bond acceptors (Lipinski definition) is 0. The van der Waals surface area contributed by atoms with Gasteiger partial charge in [-0.2, -0.15) is 0 Å². The van der Waals surface area contributed by atoms with Crippen molar-refractivity contribution in [1.82, 2.24) is 0 Å². The third kappa shape index (κ3) is 7.68. The summed E-state index contributed by atoms with van der Waals surface area (Å²) < 4.78 is 0. The molecule has 40 heavy (non-hydrogen) atoms. The topological polar surface area (TPSA) is 0 Å². The van der Waals surface area contributed by atoms with Crippen LogP contribution in [0.5, 0.6) is 0 Å². The Labute approximate surface area is 249 Å². The van der Waals surface area contributed by atoms with Crippen LogP contribution in [0.1, 0.15) is 132 Å². The van der Waals surface area contributed by atoms with E-state index in [-0.39, 0.29) is 0 Å². The van der Waals surface area contributed by atoms with Crippen LogP contribution in [-0.4, -0.2) is 0 Å². The molecule has 0 atom stereocenters. The second-order valence-electron chi connectivity index (χ2n) is 11.6. The summed E-state index contributed by atoms with van der Waals surface area (Å²) in [6, 6.07) is 19.8. The molecule has 0 aliphatic carbocycles. The van der Waals surface area contributed by atoms with Gasteiger partial charge in [0.25, 0.3) is 0 Å². The molecule has 0 unspecified atom stereocenters. The van der Waals surface area contributed by atoms with Crippen molar-refractivity contribution in [3.05, 3.63) is 87.5 Å². The van der Waals surface area contributed by atoms with Crippen molar-refractivity contribution >= 4 is 23.8 Å². The van der Waals surface area contributed by atoms with Gasteiger partial charge in [0, 0.05) is 0 Å². The third-order valence-electron chi connectivity index (χ3n) is 8.28. The molecule has 0 amide bonds. The van der Waals surface area contributed by atoms with Crippen LogP contribution in [0.15, 0.2) is 48.5 Å². The molecule has 0 saturated heterocycles. The van der Waals surface area contributed by atoms with Crippen molar-refractivity contribution in [3.63, 3.8) is 0 Å². The average molecular weight is 557 g/mol. The van der Waals surface area contributed by atoms with E-state index in [1.54, 1.807) is 54.9 Å². The first-order chi connectivity index (χ1) is 19.6. The SMILES string of the molecule is CCCc1cccc(P(c2cccc(CCC)c2CCC)c2ccc(CCC)c(CCC)c2CCC)c1CCC. The van der Waals surface area contributed by atoms with E-state index in [0.717, 1.165) is 0 Å². The van der Waals surface area contributed by atoms with E-state index < -0.39 is 7.92 Å². The van der Waals surface area contributed by atoms with Gasteiger partial charge in [0.1, 0.15) is 0 Å². The molecule has 1 heteroatoms. The normalized spacial score (nSPS) is 11.5. The fourth-order valence-electron chi connectivity index (χ4n) is 6.67. The van der Waals surface area contributed by atoms with Crippen LogP contribution >= 0.6 is 7.92 Å². The van der Waals surface area contributed by atoms with Gasteiger partial charge < -0.3 is 0 Å². The van der Waals surface area contributed by atoms with Crippen molar-refractivity contribution in [3.8, 4) is 0 Å². The van der Waals surface area contributed by atoms with Crippen LogP contribution in [0.4, 0.5) is 0 Å². The lowest BCUT2D eigenvalue weighted by Gasteiger charge is -2.30. The van der Waals surface area contributed by atoms with Gasteiger partial charge in [-0.05, 0) is 108 Å². The standard InChI is InChI=1S/C39H57P/c1-8-17-30-24-15-26-37(34(30)21-12-5)40(38-27-16-25-31(18-9-2)35(38)22-13-6)39-29-28-32(19-10-3)33(20-11-4)36(39)23-14-7/h15-16,24-29H,8-14,17-23H2,1-7H3. The molecule has 0 aliphatic rings. The highest BCUT2D eigenvalue weighted by molar-refractivity contribution is 7.80. The predicted octanol–water partition coefficient (Wildman–Crippen LogP) is 10.1. The van der Waals surface area contributed by atoms with E-state index >= 15 is 0 Å². The molecule has 0 aromatic heterocycles. The second kappa shape index (κ2) is 17.1. The molecule has 0 fully saturated rings. The van der Waals surface area contributed by atoms with Crippen molar-refractivity contribution in [2.24, 2.45) is 0 Å². The Bertz CT molecular complexity index is 1130. The van der Waals surface area contributed by atoms with Gasteiger partial charge in [0.05, 0.1) is 0 Å². The molecule has 0 spiro atoms. The third-order valence-corrected chi connectivity index (χ3v) is 11.0. The Morgan fingerprint density at radius 3 is 1.12 bits per heavy atom. The number of hydrogen-bond donors (Lipinski definition) is 0. The first kappa shape index (κ1) is 32.6.